The number of aliphatic hydroxyl groups excluding tert-OH is 1. The van der Waals surface area contributed by atoms with Crippen molar-refractivity contribution in [2.24, 2.45) is 0 Å². The van der Waals surface area contributed by atoms with Crippen molar-refractivity contribution in [2.75, 3.05) is 18.5 Å². The number of carbonyl (C=O) groups is 1. The first-order valence-electron chi connectivity index (χ1n) is 4.49. The third-order valence-electron chi connectivity index (χ3n) is 2.07. The molecule has 15 heavy (non-hydrogen) atoms. The Morgan fingerprint density at radius 3 is 2.60 bits per heavy atom. The maximum absolute atomic E-state index is 11.0. The summed E-state index contributed by atoms with van der Waals surface area (Å²) in [4.78, 5) is 11.0. The molecular weight excluding hydrogens is 198 g/mol. The van der Waals surface area contributed by atoms with Crippen LogP contribution in [0.15, 0.2) is 0 Å². The second-order valence-corrected chi connectivity index (χ2v) is 3.09. The quantitative estimate of drug-likeness (QED) is 0.658. The van der Waals surface area contributed by atoms with Crippen molar-refractivity contribution >= 4 is 11.8 Å². The Balaban J connectivity index is 3.15. The first kappa shape index (κ1) is 11.4. The molecule has 0 aromatic carbocycles. The number of anilines is 1. The zero-order valence-corrected chi connectivity index (χ0v) is 8.61. The van der Waals surface area contributed by atoms with Gasteiger partial charge in [-0.05, 0) is 19.4 Å². The Hall–Kier alpha value is -1.69. The molecule has 1 aromatic heterocycles. The highest BCUT2D eigenvalue weighted by atomic mass is 16.4. The first-order valence-corrected chi connectivity index (χ1v) is 4.49. The highest BCUT2D eigenvalue weighted by molar-refractivity contribution is 5.94. The van der Waals surface area contributed by atoms with Crippen LogP contribution >= 0.6 is 0 Å². The minimum Gasteiger partial charge on any atom is -0.478 e. The molecule has 0 unspecified atom stereocenters. The summed E-state index contributed by atoms with van der Waals surface area (Å²) in [5.41, 5.74) is 1.27. The number of aryl methyl sites for hydroxylation is 1. The van der Waals surface area contributed by atoms with Crippen molar-refractivity contribution in [3.8, 4) is 0 Å². The third kappa shape index (κ3) is 2.41. The minimum atomic E-state index is -1.05. The molecule has 1 heterocycles. The van der Waals surface area contributed by atoms with Gasteiger partial charge >= 0.3 is 5.97 Å². The highest BCUT2D eigenvalue weighted by Crippen LogP contribution is 2.17. The van der Waals surface area contributed by atoms with Crippen molar-refractivity contribution in [1.29, 1.82) is 0 Å². The van der Waals surface area contributed by atoms with Crippen LogP contribution in [0.25, 0.3) is 0 Å². The van der Waals surface area contributed by atoms with Gasteiger partial charge in [0.1, 0.15) is 5.56 Å². The SMILES string of the molecule is Cc1nnc(NCCO)c(C(=O)O)c1C. The number of nitrogens with zero attached hydrogens (tertiary/aromatic N) is 2. The fraction of sp³-hybridized carbons (Fsp3) is 0.444. The van der Waals surface area contributed by atoms with Gasteiger partial charge in [-0.15, -0.1) is 5.10 Å². The Labute approximate surface area is 87.0 Å². The van der Waals surface area contributed by atoms with Crippen LogP contribution < -0.4 is 5.32 Å². The normalized spacial score (nSPS) is 10.1. The molecule has 0 aliphatic rings. The molecular formula is C9H13N3O3. The van der Waals surface area contributed by atoms with E-state index in [0.29, 0.717) is 11.3 Å². The van der Waals surface area contributed by atoms with E-state index in [9.17, 15) is 4.79 Å². The number of aliphatic hydroxyl groups is 1. The first-order chi connectivity index (χ1) is 7.07. The lowest BCUT2D eigenvalue weighted by molar-refractivity contribution is 0.0696. The van der Waals surface area contributed by atoms with E-state index in [0.717, 1.165) is 0 Å². The summed E-state index contributed by atoms with van der Waals surface area (Å²) in [5, 5.41) is 27.9. The van der Waals surface area contributed by atoms with Crippen LogP contribution in [0, 0.1) is 13.8 Å². The van der Waals surface area contributed by atoms with E-state index in [1.165, 1.54) is 0 Å². The number of carboxylic acids is 1. The molecule has 6 heteroatoms. The van der Waals surface area contributed by atoms with Crippen LogP contribution in [0.5, 0.6) is 0 Å². The molecule has 0 spiro atoms. The molecule has 0 aliphatic heterocycles. The second-order valence-electron chi connectivity index (χ2n) is 3.09. The van der Waals surface area contributed by atoms with Crippen molar-refractivity contribution in [3.05, 3.63) is 16.8 Å². The van der Waals surface area contributed by atoms with E-state index in [4.69, 9.17) is 10.2 Å². The van der Waals surface area contributed by atoms with E-state index in [1.54, 1.807) is 13.8 Å². The highest BCUT2D eigenvalue weighted by Gasteiger charge is 2.16. The van der Waals surface area contributed by atoms with E-state index >= 15 is 0 Å². The lowest BCUT2D eigenvalue weighted by Crippen LogP contribution is -2.15. The van der Waals surface area contributed by atoms with Crippen LogP contribution in [-0.4, -0.2) is 39.5 Å². The summed E-state index contributed by atoms with van der Waals surface area (Å²) in [6, 6.07) is 0. The zero-order chi connectivity index (χ0) is 11.4. The smallest absolute Gasteiger partial charge is 0.339 e. The van der Waals surface area contributed by atoms with E-state index < -0.39 is 5.97 Å². The summed E-state index contributed by atoms with van der Waals surface area (Å²) in [7, 11) is 0. The number of aromatic carboxylic acids is 1. The topological polar surface area (TPSA) is 95.3 Å². The maximum Gasteiger partial charge on any atom is 0.339 e. The monoisotopic (exact) mass is 211 g/mol. The number of nitrogens with one attached hydrogen (secondary N) is 1. The second kappa shape index (κ2) is 4.70. The average Bonchev–Trinajstić information content (AvgIpc) is 2.19. The summed E-state index contributed by atoms with van der Waals surface area (Å²) in [5.74, 6) is -0.856. The molecule has 0 saturated heterocycles. The van der Waals surface area contributed by atoms with Crippen LogP contribution in [0.3, 0.4) is 0 Å². The van der Waals surface area contributed by atoms with Gasteiger partial charge in [-0.1, -0.05) is 0 Å². The Morgan fingerprint density at radius 2 is 2.07 bits per heavy atom. The number of hydrogen-bond acceptors (Lipinski definition) is 5. The molecule has 1 rings (SSSR count). The number of aromatic nitrogens is 2. The molecule has 0 amide bonds. The molecule has 82 valence electrons. The number of rotatable bonds is 4. The fourth-order valence-electron chi connectivity index (χ4n) is 1.17. The molecule has 1 aromatic rings. The Morgan fingerprint density at radius 1 is 1.40 bits per heavy atom. The minimum absolute atomic E-state index is 0.0896. The third-order valence-corrected chi connectivity index (χ3v) is 2.07. The van der Waals surface area contributed by atoms with Gasteiger partial charge in [0.25, 0.3) is 0 Å². The average molecular weight is 211 g/mol. The number of carboxylic acid groups (broad SMARTS) is 1. The Bertz CT molecular complexity index is 379. The van der Waals surface area contributed by atoms with Gasteiger partial charge in [-0.3, -0.25) is 0 Å². The Kier molecular flexibility index (Phi) is 3.56. The predicted octanol–water partition coefficient (Wildman–Crippen LogP) is 0.196. The van der Waals surface area contributed by atoms with Gasteiger partial charge in [0.2, 0.25) is 0 Å². The van der Waals surface area contributed by atoms with Gasteiger partial charge in [0.15, 0.2) is 5.82 Å². The van der Waals surface area contributed by atoms with Gasteiger partial charge in [0.05, 0.1) is 12.3 Å². The standard InChI is InChI=1S/C9H13N3O3/c1-5-6(2)11-12-8(10-3-4-13)7(5)9(14)15/h13H,3-4H2,1-2H3,(H,10,12)(H,14,15). The molecule has 0 saturated carbocycles. The lowest BCUT2D eigenvalue weighted by Gasteiger charge is -2.09. The molecule has 3 N–H and O–H groups in total. The largest absolute Gasteiger partial charge is 0.478 e. The van der Waals surface area contributed by atoms with Gasteiger partial charge in [0, 0.05) is 6.54 Å². The predicted molar refractivity (Wildman–Crippen MR) is 54.0 cm³/mol. The van der Waals surface area contributed by atoms with Gasteiger partial charge in [-0.25, -0.2) is 4.79 Å². The van der Waals surface area contributed by atoms with Crippen molar-refractivity contribution < 1.29 is 15.0 Å². The number of hydrogen-bond donors (Lipinski definition) is 3. The molecule has 0 radical (unpaired) electrons. The summed E-state index contributed by atoms with van der Waals surface area (Å²) in [6.07, 6.45) is 0. The molecule has 0 aliphatic carbocycles. The van der Waals surface area contributed by atoms with E-state index in [2.05, 4.69) is 15.5 Å². The summed E-state index contributed by atoms with van der Waals surface area (Å²) < 4.78 is 0. The van der Waals surface area contributed by atoms with Crippen LogP contribution in [-0.2, 0) is 0 Å². The molecule has 0 fully saturated rings. The lowest BCUT2D eigenvalue weighted by atomic mass is 10.1. The van der Waals surface area contributed by atoms with Crippen LogP contribution in [0.1, 0.15) is 21.6 Å². The van der Waals surface area contributed by atoms with Crippen molar-refractivity contribution in [1.82, 2.24) is 10.2 Å². The molecule has 0 bridgehead atoms. The molecule has 0 atom stereocenters. The van der Waals surface area contributed by atoms with E-state index in [1.807, 2.05) is 0 Å². The van der Waals surface area contributed by atoms with E-state index in [-0.39, 0.29) is 24.5 Å². The molecule has 6 nitrogen and oxygen atoms in total. The fourth-order valence-corrected chi connectivity index (χ4v) is 1.17. The summed E-state index contributed by atoms with van der Waals surface area (Å²) in [6.45, 7) is 3.54. The van der Waals surface area contributed by atoms with Crippen LogP contribution in [0.4, 0.5) is 5.82 Å². The summed E-state index contributed by atoms with van der Waals surface area (Å²) >= 11 is 0. The maximum atomic E-state index is 11.0. The van der Waals surface area contributed by atoms with Crippen LogP contribution in [0.2, 0.25) is 0 Å². The van der Waals surface area contributed by atoms with Crippen molar-refractivity contribution in [2.45, 2.75) is 13.8 Å². The zero-order valence-electron chi connectivity index (χ0n) is 8.61. The van der Waals surface area contributed by atoms with Gasteiger partial charge in [-0.2, -0.15) is 5.10 Å². The van der Waals surface area contributed by atoms with Gasteiger partial charge < -0.3 is 15.5 Å². The van der Waals surface area contributed by atoms with Crippen molar-refractivity contribution in [3.63, 3.8) is 0 Å².